The zero-order valence-corrected chi connectivity index (χ0v) is 18.0. The predicted molar refractivity (Wildman–Crippen MR) is 114 cm³/mol. The SMILES string of the molecule is CCOc1ccc(OC(C)C(=O)NNC(=O)c2nc(C)n(-c3ccccc3Cl)n2)cc1. The lowest BCUT2D eigenvalue weighted by Gasteiger charge is -2.15. The third-order valence-electron chi connectivity index (χ3n) is 4.17. The molecular formula is C21H22ClN5O4. The molecule has 0 saturated heterocycles. The number of nitrogens with zero attached hydrogens (tertiary/aromatic N) is 3. The van der Waals surface area contributed by atoms with Gasteiger partial charge in [-0.2, -0.15) is 0 Å². The third kappa shape index (κ3) is 5.52. The van der Waals surface area contributed by atoms with Gasteiger partial charge in [-0.15, -0.1) is 5.10 Å². The number of carbonyl (C=O) groups is 2. The minimum atomic E-state index is -0.853. The first kappa shape index (κ1) is 22.1. The van der Waals surface area contributed by atoms with E-state index in [0.29, 0.717) is 34.6 Å². The zero-order chi connectivity index (χ0) is 22.4. The quantitative estimate of drug-likeness (QED) is 0.544. The Morgan fingerprint density at radius 3 is 2.45 bits per heavy atom. The molecule has 1 aromatic heterocycles. The molecule has 0 fully saturated rings. The standard InChI is InChI=1S/C21H22ClN5O4/c1-4-30-15-9-11-16(12-10-15)31-13(2)20(28)24-25-21(29)19-23-14(3)27(26-19)18-8-6-5-7-17(18)22/h5-13H,4H2,1-3H3,(H,24,28)(H,25,29). The maximum absolute atomic E-state index is 12.4. The smallest absolute Gasteiger partial charge is 0.309 e. The van der Waals surface area contributed by atoms with Crippen molar-refractivity contribution in [1.29, 1.82) is 0 Å². The highest BCUT2D eigenvalue weighted by molar-refractivity contribution is 6.32. The summed E-state index contributed by atoms with van der Waals surface area (Å²) >= 11 is 6.18. The number of hydrogen-bond acceptors (Lipinski definition) is 6. The van der Waals surface area contributed by atoms with Gasteiger partial charge < -0.3 is 9.47 Å². The Hall–Kier alpha value is -3.59. The first-order valence-corrected chi connectivity index (χ1v) is 9.95. The third-order valence-corrected chi connectivity index (χ3v) is 4.49. The van der Waals surface area contributed by atoms with Gasteiger partial charge in [0.1, 0.15) is 17.3 Å². The molecule has 0 bridgehead atoms. The summed E-state index contributed by atoms with van der Waals surface area (Å²) in [7, 11) is 0. The molecule has 3 rings (SSSR count). The summed E-state index contributed by atoms with van der Waals surface area (Å²) in [5, 5.41) is 4.64. The molecule has 1 atom stereocenters. The summed E-state index contributed by atoms with van der Waals surface area (Å²) in [6.07, 6.45) is -0.853. The van der Waals surface area contributed by atoms with E-state index in [1.54, 1.807) is 62.4 Å². The van der Waals surface area contributed by atoms with Crippen molar-refractivity contribution in [3.63, 3.8) is 0 Å². The Morgan fingerprint density at radius 1 is 1.10 bits per heavy atom. The van der Waals surface area contributed by atoms with E-state index >= 15 is 0 Å². The van der Waals surface area contributed by atoms with Crippen LogP contribution in [0.3, 0.4) is 0 Å². The fourth-order valence-electron chi connectivity index (χ4n) is 2.65. The number of carbonyl (C=O) groups excluding carboxylic acids is 2. The van der Waals surface area contributed by atoms with Crippen LogP contribution in [-0.2, 0) is 4.79 Å². The molecule has 2 N–H and O–H groups in total. The fraction of sp³-hybridized carbons (Fsp3) is 0.238. The second kappa shape index (κ2) is 9.94. The van der Waals surface area contributed by atoms with Gasteiger partial charge in [0.15, 0.2) is 6.10 Å². The van der Waals surface area contributed by atoms with Gasteiger partial charge in [0.05, 0.1) is 17.3 Å². The average molecular weight is 444 g/mol. The monoisotopic (exact) mass is 443 g/mol. The number of hydrazine groups is 1. The molecular weight excluding hydrogens is 422 g/mol. The molecule has 9 nitrogen and oxygen atoms in total. The molecule has 1 unspecified atom stereocenters. The van der Waals surface area contributed by atoms with E-state index < -0.39 is 17.9 Å². The average Bonchev–Trinajstić information content (AvgIpc) is 3.15. The summed E-state index contributed by atoms with van der Waals surface area (Å²) < 4.78 is 12.4. The number of halogens is 1. The zero-order valence-electron chi connectivity index (χ0n) is 17.3. The van der Waals surface area contributed by atoms with Crippen LogP contribution in [0.15, 0.2) is 48.5 Å². The number of rotatable bonds is 7. The van der Waals surface area contributed by atoms with Gasteiger partial charge in [0.25, 0.3) is 5.91 Å². The van der Waals surface area contributed by atoms with Crippen molar-refractivity contribution in [3.05, 3.63) is 65.2 Å². The van der Waals surface area contributed by atoms with Crippen LogP contribution in [0.4, 0.5) is 0 Å². The van der Waals surface area contributed by atoms with Crippen molar-refractivity contribution in [2.75, 3.05) is 6.61 Å². The molecule has 2 aromatic carbocycles. The molecule has 0 saturated carbocycles. The Balaban J connectivity index is 1.57. The summed E-state index contributed by atoms with van der Waals surface area (Å²) in [6.45, 7) is 5.71. The molecule has 1 heterocycles. The van der Waals surface area contributed by atoms with Gasteiger partial charge in [-0.25, -0.2) is 9.67 Å². The molecule has 0 aliphatic carbocycles. The van der Waals surface area contributed by atoms with Gasteiger partial charge in [0, 0.05) is 0 Å². The number of hydrogen-bond donors (Lipinski definition) is 2. The topological polar surface area (TPSA) is 107 Å². The molecule has 2 amide bonds. The van der Waals surface area contributed by atoms with Gasteiger partial charge in [-0.1, -0.05) is 23.7 Å². The Morgan fingerprint density at radius 2 is 1.77 bits per heavy atom. The summed E-state index contributed by atoms with van der Waals surface area (Å²) in [5.74, 6) is 0.348. The molecule has 3 aromatic rings. The first-order valence-electron chi connectivity index (χ1n) is 9.57. The van der Waals surface area contributed by atoms with Crippen molar-refractivity contribution in [2.45, 2.75) is 26.9 Å². The van der Waals surface area contributed by atoms with Gasteiger partial charge in [-0.3, -0.25) is 20.4 Å². The maximum atomic E-state index is 12.4. The van der Waals surface area contributed by atoms with E-state index in [-0.39, 0.29) is 5.82 Å². The molecule has 0 aliphatic heterocycles. The Kier molecular flexibility index (Phi) is 7.09. The maximum Gasteiger partial charge on any atom is 0.309 e. The second-order valence-corrected chi connectivity index (χ2v) is 6.86. The molecule has 0 aliphatic rings. The molecule has 0 spiro atoms. The van der Waals surface area contributed by atoms with Crippen LogP contribution < -0.4 is 20.3 Å². The van der Waals surface area contributed by atoms with Crippen LogP contribution in [0.2, 0.25) is 5.02 Å². The normalized spacial score (nSPS) is 11.5. The van der Waals surface area contributed by atoms with Crippen LogP contribution >= 0.6 is 11.6 Å². The number of amides is 2. The highest BCUT2D eigenvalue weighted by Gasteiger charge is 2.19. The van der Waals surface area contributed by atoms with Crippen molar-refractivity contribution < 1.29 is 19.1 Å². The second-order valence-electron chi connectivity index (χ2n) is 6.45. The van der Waals surface area contributed by atoms with Crippen molar-refractivity contribution >= 4 is 23.4 Å². The number of aromatic nitrogens is 3. The van der Waals surface area contributed by atoms with Crippen LogP contribution in [0.5, 0.6) is 11.5 Å². The van der Waals surface area contributed by atoms with E-state index in [4.69, 9.17) is 21.1 Å². The van der Waals surface area contributed by atoms with Crippen molar-refractivity contribution in [2.24, 2.45) is 0 Å². The van der Waals surface area contributed by atoms with Gasteiger partial charge >= 0.3 is 5.91 Å². The number of para-hydroxylation sites is 1. The van der Waals surface area contributed by atoms with Crippen LogP contribution in [-0.4, -0.2) is 39.3 Å². The first-order chi connectivity index (χ1) is 14.9. The van der Waals surface area contributed by atoms with E-state index in [9.17, 15) is 9.59 Å². The van der Waals surface area contributed by atoms with Crippen molar-refractivity contribution in [1.82, 2.24) is 25.6 Å². The van der Waals surface area contributed by atoms with Crippen LogP contribution in [0.25, 0.3) is 5.69 Å². The minimum absolute atomic E-state index is 0.113. The summed E-state index contributed by atoms with van der Waals surface area (Å²) in [4.78, 5) is 28.7. The lowest BCUT2D eigenvalue weighted by Crippen LogP contribution is -2.47. The minimum Gasteiger partial charge on any atom is -0.494 e. The van der Waals surface area contributed by atoms with E-state index in [1.165, 1.54) is 4.68 Å². The molecule has 10 heteroatoms. The van der Waals surface area contributed by atoms with E-state index in [1.807, 2.05) is 6.92 Å². The van der Waals surface area contributed by atoms with Gasteiger partial charge in [0.2, 0.25) is 5.82 Å². The number of ether oxygens (including phenoxy) is 2. The van der Waals surface area contributed by atoms with Crippen LogP contribution in [0.1, 0.15) is 30.3 Å². The summed E-state index contributed by atoms with van der Waals surface area (Å²) in [6, 6.07) is 13.9. The lowest BCUT2D eigenvalue weighted by atomic mass is 10.3. The molecule has 162 valence electrons. The van der Waals surface area contributed by atoms with Gasteiger partial charge in [-0.05, 0) is 57.2 Å². The van der Waals surface area contributed by atoms with Crippen LogP contribution in [0, 0.1) is 6.92 Å². The highest BCUT2D eigenvalue weighted by Crippen LogP contribution is 2.20. The largest absolute Gasteiger partial charge is 0.494 e. The molecule has 0 radical (unpaired) electrons. The predicted octanol–water partition coefficient (Wildman–Crippen LogP) is 2.86. The number of benzene rings is 2. The Bertz CT molecular complexity index is 1070. The van der Waals surface area contributed by atoms with E-state index in [2.05, 4.69) is 20.9 Å². The summed E-state index contributed by atoms with van der Waals surface area (Å²) in [5.41, 5.74) is 5.19. The number of nitrogens with one attached hydrogen (secondary N) is 2. The number of aryl methyl sites for hydroxylation is 1. The molecule has 31 heavy (non-hydrogen) atoms. The van der Waals surface area contributed by atoms with Crippen molar-refractivity contribution in [3.8, 4) is 17.2 Å². The Labute approximate surface area is 184 Å². The highest BCUT2D eigenvalue weighted by atomic mass is 35.5. The van der Waals surface area contributed by atoms with E-state index in [0.717, 1.165) is 0 Å². The fourth-order valence-corrected chi connectivity index (χ4v) is 2.87. The lowest BCUT2D eigenvalue weighted by molar-refractivity contribution is -0.128.